The first-order chi connectivity index (χ1) is 13.6. The number of guanidine groups is 1. The van der Waals surface area contributed by atoms with Gasteiger partial charge in [0, 0.05) is 44.6 Å². The van der Waals surface area contributed by atoms with Crippen LogP contribution in [0.1, 0.15) is 44.3 Å². The van der Waals surface area contributed by atoms with Crippen molar-refractivity contribution in [3.05, 3.63) is 42.0 Å². The van der Waals surface area contributed by atoms with Crippen LogP contribution in [-0.2, 0) is 11.2 Å². The fourth-order valence-corrected chi connectivity index (χ4v) is 3.10. The quantitative estimate of drug-likeness (QED) is 0.257. The third-order valence-electron chi connectivity index (χ3n) is 4.62. The Morgan fingerprint density at radius 2 is 2.10 bits per heavy atom. The third kappa shape index (κ3) is 6.41. The second-order valence-electron chi connectivity index (χ2n) is 7.19. The van der Waals surface area contributed by atoms with Crippen LogP contribution in [0, 0.1) is 0 Å². The Labute approximate surface area is 188 Å². The summed E-state index contributed by atoms with van der Waals surface area (Å²) >= 11 is 0. The van der Waals surface area contributed by atoms with E-state index in [4.69, 9.17) is 4.52 Å². The van der Waals surface area contributed by atoms with Gasteiger partial charge in [-0.15, -0.1) is 24.0 Å². The molecule has 0 bridgehead atoms. The molecule has 0 aliphatic carbocycles. The van der Waals surface area contributed by atoms with E-state index in [1.165, 1.54) is 0 Å². The van der Waals surface area contributed by atoms with Gasteiger partial charge >= 0.3 is 0 Å². The van der Waals surface area contributed by atoms with Crippen LogP contribution in [0.4, 0.5) is 5.69 Å². The van der Waals surface area contributed by atoms with Crippen LogP contribution >= 0.6 is 24.0 Å². The molecule has 9 heteroatoms. The Hall–Kier alpha value is -2.17. The zero-order valence-corrected chi connectivity index (χ0v) is 19.4. The minimum atomic E-state index is 0. The number of anilines is 1. The molecule has 1 unspecified atom stereocenters. The summed E-state index contributed by atoms with van der Waals surface area (Å²) in [6.07, 6.45) is 2.02. The molecule has 2 heterocycles. The molecule has 158 valence electrons. The van der Waals surface area contributed by atoms with Crippen molar-refractivity contribution in [3.63, 3.8) is 0 Å². The Kier molecular flexibility index (Phi) is 8.87. The summed E-state index contributed by atoms with van der Waals surface area (Å²) in [5.41, 5.74) is 0.931. The molecule has 1 aromatic carbocycles. The van der Waals surface area contributed by atoms with Crippen LogP contribution in [0.15, 0.2) is 39.8 Å². The van der Waals surface area contributed by atoms with Crippen LogP contribution in [-0.4, -0.2) is 48.2 Å². The lowest BCUT2D eigenvalue weighted by molar-refractivity contribution is -0.117. The van der Waals surface area contributed by atoms with Gasteiger partial charge in [-0.2, -0.15) is 4.98 Å². The molecule has 0 saturated carbocycles. The number of hydrogen-bond acceptors (Lipinski definition) is 5. The number of halogens is 1. The third-order valence-corrected chi connectivity index (χ3v) is 4.62. The van der Waals surface area contributed by atoms with Crippen molar-refractivity contribution in [1.82, 2.24) is 20.8 Å². The second-order valence-corrected chi connectivity index (χ2v) is 7.19. The average Bonchev–Trinajstić information content (AvgIpc) is 3.31. The normalized spacial score (nSPS) is 16.8. The monoisotopic (exact) mass is 512 g/mol. The summed E-state index contributed by atoms with van der Waals surface area (Å²) in [5, 5.41) is 10.6. The molecule has 1 fully saturated rings. The summed E-state index contributed by atoms with van der Waals surface area (Å²) in [6.45, 7) is 5.43. The van der Waals surface area contributed by atoms with Crippen LogP contribution in [0.2, 0.25) is 0 Å². The maximum atomic E-state index is 12.3. The first-order valence-corrected chi connectivity index (χ1v) is 9.72. The standard InChI is InChI=1S/C20H28N6O2.HI/c1-14(2)19-24-17(28-25-19)10-7-11-22-20(21-3)23-15-12-18(27)26(13-15)16-8-5-4-6-9-16;/h4-6,8-9,14-15H,7,10-13H2,1-3H3,(H2,21,22,23);1H. The van der Waals surface area contributed by atoms with Gasteiger partial charge in [0.2, 0.25) is 11.8 Å². The van der Waals surface area contributed by atoms with E-state index >= 15 is 0 Å². The molecule has 1 aliphatic heterocycles. The Bertz CT molecular complexity index is 808. The van der Waals surface area contributed by atoms with Crippen molar-refractivity contribution in [3.8, 4) is 0 Å². The van der Waals surface area contributed by atoms with Crippen molar-refractivity contribution in [1.29, 1.82) is 0 Å². The van der Waals surface area contributed by atoms with Gasteiger partial charge in [0.1, 0.15) is 0 Å². The number of benzene rings is 1. The number of hydrogen-bond donors (Lipinski definition) is 2. The molecular formula is C20H29IN6O2. The lowest BCUT2D eigenvalue weighted by Crippen LogP contribution is -2.44. The summed E-state index contributed by atoms with van der Waals surface area (Å²) < 4.78 is 5.25. The molecule has 2 N–H and O–H groups in total. The smallest absolute Gasteiger partial charge is 0.229 e. The SMILES string of the molecule is CN=C(NCCCc1nc(C(C)C)no1)NC1CC(=O)N(c2ccccc2)C1.I. The molecule has 8 nitrogen and oxygen atoms in total. The number of para-hydroxylation sites is 1. The van der Waals surface area contributed by atoms with E-state index in [0.717, 1.165) is 24.5 Å². The molecule has 1 aromatic heterocycles. The molecule has 1 amide bonds. The van der Waals surface area contributed by atoms with Crippen molar-refractivity contribution < 1.29 is 9.32 Å². The van der Waals surface area contributed by atoms with Crippen molar-refractivity contribution in [2.45, 2.75) is 45.1 Å². The van der Waals surface area contributed by atoms with E-state index in [1.54, 1.807) is 7.05 Å². The van der Waals surface area contributed by atoms with Crippen LogP contribution in [0.5, 0.6) is 0 Å². The number of aromatic nitrogens is 2. The highest BCUT2D eigenvalue weighted by Gasteiger charge is 2.30. The van der Waals surface area contributed by atoms with Crippen molar-refractivity contribution in [2.24, 2.45) is 4.99 Å². The first-order valence-electron chi connectivity index (χ1n) is 9.72. The van der Waals surface area contributed by atoms with E-state index in [-0.39, 0.29) is 41.8 Å². The molecular weight excluding hydrogens is 483 g/mol. The van der Waals surface area contributed by atoms with Gasteiger partial charge in [-0.25, -0.2) is 0 Å². The number of amides is 1. The van der Waals surface area contributed by atoms with E-state index in [1.807, 2.05) is 49.1 Å². The van der Waals surface area contributed by atoms with Gasteiger partial charge in [0.25, 0.3) is 0 Å². The lowest BCUT2D eigenvalue weighted by atomic mass is 10.2. The molecule has 2 aromatic rings. The molecule has 1 atom stereocenters. The number of aliphatic imine (C=N–C) groups is 1. The Morgan fingerprint density at radius 1 is 1.34 bits per heavy atom. The molecule has 0 spiro atoms. The van der Waals surface area contributed by atoms with Crippen molar-refractivity contribution in [2.75, 3.05) is 25.0 Å². The highest BCUT2D eigenvalue weighted by atomic mass is 127. The van der Waals surface area contributed by atoms with Crippen LogP contribution < -0.4 is 15.5 Å². The first kappa shape index (κ1) is 23.1. The fraction of sp³-hybridized carbons (Fsp3) is 0.500. The predicted octanol–water partition coefficient (Wildman–Crippen LogP) is 2.71. The van der Waals surface area contributed by atoms with Gasteiger partial charge in [-0.3, -0.25) is 9.79 Å². The van der Waals surface area contributed by atoms with Crippen LogP contribution in [0.25, 0.3) is 0 Å². The fourth-order valence-electron chi connectivity index (χ4n) is 3.10. The van der Waals surface area contributed by atoms with Gasteiger partial charge in [-0.05, 0) is 18.6 Å². The van der Waals surface area contributed by atoms with E-state index in [2.05, 4.69) is 25.8 Å². The topological polar surface area (TPSA) is 95.6 Å². The van der Waals surface area contributed by atoms with Gasteiger partial charge in [-0.1, -0.05) is 37.2 Å². The Morgan fingerprint density at radius 3 is 2.76 bits per heavy atom. The number of carbonyl (C=O) groups is 1. The number of carbonyl (C=O) groups excluding carboxylic acids is 1. The summed E-state index contributed by atoms with van der Waals surface area (Å²) in [7, 11) is 1.73. The van der Waals surface area contributed by atoms with E-state index in [9.17, 15) is 4.79 Å². The zero-order chi connectivity index (χ0) is 19.9. The summed E-state index contributed by atoms with van der Waals surface area (Å²) in [4.78, 5) is 22.8. The molecule has 1 aliphatic rings. The molecule has 0 radical (unpaired) electrons. The maximum Gasteiger partial charge on any atom is 0.229 e. The van der Waals surface area contributed by atoms with E-state index in [0.29, 0.717) is 31.2 Å². The lowest BCUT2D eigenvalue weighted by Gasteiger charge is -2.19. The highest BCUT2D eigenvalue weighted by Crippen LogP contribution is 2.20. The predicted molar refractivity (Wildman–Crippen MR) is 124 cm³/mol. The van der Waals surface area contributed by atoms with E-state index < -0.39 is 0 Å². The number of nitrogens with zero attached hydrogens (tertiary/aromatic N) is 4. The highest BCUT2D eigenvalue weighted by molar-refractivity contribution is 14.0. The minimum Gasteiger partial charge on any atom is -0.356 e. The molecule has 3 rings (SSSR count). The maximum absolute atomic E-state index is 12.3. The number of aryl methyl sites for hydroxylation is 1. The number of nitrogens with one attached hydrogen (secondary N) is 2. The largest absolute Gasteiger partial charge is 0.356 e. The Balaban J connectivity index is 0.00000300. The molecule has 1 saturated heterocycles. The number of rotatable bonds is 7. The minimum absolute atomic E-state index is 0. The van der Waals surface area contributed by atoms with Gasteiger partial charge < -0.3 is 20.1 Å². The van der Waals surface area contributed by atoms with Crippen LogP contribution in [0.3, 0.4) is 0 Å². The zero-order valence-electron chi connectivity index (χ0n) is 17.1. The summed E-state index contributed by atoms with van der Waals surface area (Å²) in [5.74, 6) is 2.49. The summed E-state index contributed by atoms with van der Waals surface area (Å²) in [6, 6.07) is 9.77. The average molecular weight is 512 g/mol. The molecule has 29 heavy (non-hydrogen) atoms. The van der Waals surface area contributed by atoms with Gasteiger partial charge in [0.05, 0.1) is 6.04 Å². The van der Waals surface area contributed by atoms with Gasteiger partial charge in [0.15, 0.2) is 11.8 Å². The van der Waals surface area contributed by atoms with Crippen molar-refractivity contribution >= 4 is 41.5 Å². The second kappa shape index (κ2) is 11.1.